The molecular formula is C16H30N2. The van der Waals surface area contributed by atoms with E-state index in [0.717, 1.165) is 23.9 Å². The summed E-state index contributed by atoms with van der Waals surface area (Å²) in [6.07, 6.45) is 8.59. The molecule has 1 saturated heterocycles. The zero-order valence-corrected chi connectivity index (χ0v) is 12.4. The van der Waals surface area contributed by atoms with Crippen LogP contribution in [0.1, 0.15) is 59.3 Å². The highest BCUT2D eigenvalue weighted by molar-refractivity contribution is 5.04. The van der Waals surface area contributed by atoms with Crippen LogP contribution < -0.4 is 5.32 Å². The second-order valence-corrected chi connectivity index (χ2v) is 7.58. The Labute approximate surface area is 113 Å². The molecule has 2 heteroatoms. The van der Waals surface area contributed by atoms with Gasteiger partial charge in [-0.1, -0.05) is 33.6 Å². The van der Waals surface area contributed by atoms with Crippen LogP contribution in [0.3, 0.4) is 0 Å². The molecule has 3 rings (SSSR count). The van der Waals surface area contributed by atoms with Crippen molar-refractivity contribution in [2.45, 2.75) is 76.9 Å². The van der Waals surface area contributed by atoms with Crippen molar-refractivity contribution in [3.05, 3.63) is 0 Å². The Kier molecular flexibility index (Phi) is 3.44. The quantitative estimate of drug-likeness (QED) is 0.810. The molecule has 3 aliphatic rings. The van der Waals surface area contributed by atoms with Crippen LogP contribution in [0.25, 0.3) is 0 Å². The molecule has 2 nitrogen and oxygen atoms in total. The molecule has 0 aromatic carbocycles. The Morgan fingerprint density at radius 2 is 1.83 bits per heavy atom. The van der Waals surface area contributed by atoms with E-state index in [9.17, 15) is 0 Å². The summed E-state index contributed by atoms with van der Waals surface area (Å²) in [5, 5.41) is 3.93. The Bertz CT molecular complexity index is 287. The lowest BCUT2D eigenvalue weighted by atomic mass is 9.77. The van der Waals surface area contributed by atoms with Crippen LogP contribution in [0.15, 0.2) is 0 Å². The molecule has 0 aromatic rings. The monoisotopic (exact) mass is 250 g/mol. The number of hydrogen-bond acceptors (Lipinski definition) is 2. The van der Waals surface area contributed by atoms with Gasteiger partial charge in [-0.3, -0.25) is 4.90 Å². The maximum atomic E-state index is 3.93. The van der Waals surface area contributed by atoms with Gasteiger partial charge in [-0.15, -0.1) is 0 Å². The molecular weight excluding hydrogens is 220 g/mol. The molecule has 1 aliphatic heterocycles. The minimum Gasteiger partial charge on any atom is -0.308 e. The predicted octanol–water partition coefficient (Wildman–Crippen LogP) is 3.03. The predicted molar refractivity (Wildman–Crippen MR) is 76.7 cm³/mol. The van der Waals surface area contributed by atoms with Gasteiger partial charge in [0.15, 0.2) is 0 Å². The highest BCUT2D eigenvalue weighted by Gasteiger charge is 2.45. The molecule has 0 amide bonds. The standard InChI is InChI=1S/C16H30N2/c1-12(2)15-10-17-16(6-4-5-7-16)11-18(15)14-8-13(3)9-14/h12-15,17H,4-11H2,1-3H3. The summed E-state index contributed by atoms with van der Waals surface area (Å²) < 4.78 is 0. The fourth-order valence-corrected chi connectivity index (χ4v) is 4.50. The van der Waals surface area contributed by atoms with Gasteiger partial charge in [0, 0.05) is 30.7 Å². The van der Waals surface area contributed by atoms with E-state index in [4.69, 9.17) is 0 Å². The molecule has 3 fully saturated rings. The first kappa shape index (κ1) is 12.9. The van der Waals surface area contributed by atoms with E-state index in [1.807, 2.05) is 0 Å². The van der Waals surface area contributed by atoms with E-state index < -0.39 is 0 Å². The number of piperazine rings is 1. The van der Waals surface area contributed by atoms with E-state index in [-0.39, 0.29) is 0 Å². The summed E-state index contributed by atoms with van der Waals surface area (Å²) in [7, 11) is 0. The van der Waals surface area contributed by atoms with Crippen molar-refractivity contribution >= 4 is 0 Å². The minimum atomic E-state index is 0.490. The largest absolute Gasteiger partial charge is 0.308 e. The van der Waals surface area contributed by atoms with E-state index in [2.05, 4.69) is 31.0 Å². The smallest absolute Gasteiger partial charge is 0.0309 e. The summed E-state index contributed by atoms with van der Waals surface area (Å²) in [5.41, 5.74) is 0.490. The third-order valence-electron chi connectivity index (χ3n) is 5.75. The second kappa shape index (κ2) is 4.79. The van der Waals surface area contributed by atoms with Gasteiger partial charge < -0.3 is 5.32 Å². The first-order valence-electron chi connectivity index (χ1n) is 8.10. The lowest BCUT2D eigenvalue weighted by molar-refractivity contribution is -0.0217. The highest BCUT2D eigenvalue weighted by atomic mass is 15.3. The maximum Gasteiger partial charge on any atom is 0.0309 e. The lowest BCUT2D eigenvalue weighted by Crippen LogP contribution is -2.67. The van der Waals surface area contributed by atoms with Crippen LogP contribution in [0, 0.1) is 11.8 Å². The Morgan fingerprint density at radius 3 is 2.39 bits per heavy atom. The Hall–Kier alpha value is -0.0800. The average Bonchev–Trinajstić information content (AvgIpc) is 2.73. The minimum absolute atomic E-state index is 0.490. The van der Waals surface area contributed by atoms with Crippen LogP contribution in [-0.2, 0) is 0 Å². The van der Waals surface area contributed by atoms with Crippen LogP contribution >= 0.6 is 0 Å². The maximum absolute atomic E-state index is 3.93. The molecule has 2 saturated carbocycles. The molecule has 1 heterocycles. The molecule has 1 spiro atoms. The van der Waals surface area contributed by atoms with Crippen LogP contribution in [0.5, 0.6) is 0 Å². The first-order chi connectivity index (χ1) is 8.60. The van der Waals surface area contributed by atoms with Gasteiger partial charge in [0.25, 0.3) is 0 Å². The Balaban J connectivity index is 1.71. The average molecular weight is 250 g/mol. The molecule has 104 valence electrons. The summed E-state index contributed by atoms with van der Waals surface area (Å²) in [6, 6.07) is 1.67. The fraction of sp³-hybridized carbons (Fsp3) is 1.00. The van der Waals surface area contributed by atoms with Gasteiger partial charge in [-0.05, 0) is 37.5 Å². The topological polar surface area (TPSA) is 15.3 Å². The SMILES string of the molecule is CC1CC(N2CC3(CCCC3)NCC2C(C)C)C1. The van der Waals surface area contributed by atoms with Gasteiger partial charge in [0.05, 0.1) is 0 Å². The lowest BCUT2D eigenvalue weighted by Gasteiger charge is -2.54. The van der Waals surface area contributed by atoms with Crippen LogP contribution in [0.4, 0.5) is 0 Å². The van der Waals surface area contributed by atoms with Crippen molar-refractivity contribution in [3.8, 4) is 0 Å². The van der Waals surface area contributed by atoms with Crippen molar-refractivity contribution in [2.24, 2.45) is 11.8 Å². The molecule has 1 atom stereocenters. The number of nitrogens with zero attached hydrogens (tertiary/aromatic N) is 1. The third-order valence-corrected chi connectivity index (χ3v) is 5.75. The van der Waals surface area contributed by atoms with Crippen LogP contribution in [0.2, 0.25) is 0 Å². The summed E-state index contributed by atoms with van der Waals surface area (Å²) in [6.45, 7) is 9.76. The zero-order chi connectivity index (χ0) is 12.8. The summed E-state index contributed by atoms with van der Waals surface area (Å²) >= 11 is 0. The molecule has 18 heavy (non-hydrogen) atoms. The van der Waals surface area contributed by atoms with E-state index in [1.54, 1.807) is 0 Å². The Morgan fingerprint density at radius 1 is 1.17 bits per heavy atom. The second-order valence-electron chi connectivity index (χ2n) is 7.58. The molecule has 0 bridgehead atoms. The molecule has 0 aromatic heterocycles. The van der Waals surface area contributed by atoms with Crippen LogP contribution in [-0.4, -0.2) is 35.6 Å². The van der Waals surface area contributed by atoms with Gasteiger partial charge in [-0.25, -0.2) is 0 Å². The highest BCUT2D eigenvalue weighted by Crippen LogP contribution is 2.39. The summed E-state index contributed by atoms with van der Waals surface area (Å²) in [5.74, 6) is 1.75. The van der Waals surface area contributed by atoms with E-state index in [0.29, 0.717) is 5.54 Å². The first-order valence-corrected chi connectivity index (χ1v) is 8.10. The third kappa shape index (κ3) is 2.22. The number of nitrogens with one attached hydrogen (secondary N) is 1. The molecule has 1 N–H and O–H groups in total. The van der Waals surface area contributed by atoms with Crippen molar-refractivity contribution < 1.29 is 0 Å². The van der Waals surface area contributed by atoms with Crippen molar-refractivity contribution in [3.63, 3.8) is 0 Å². The number of hydrogen-bond donors (Lipinski definition) is 1. The molecule has 1 unspecified atom stereocenters. The molecule has 0 radical (unpaired) electrons. The van der Waals surface area contributed by atoms with Crippen molar-refractivity contribution in [1.82, 2.24) is 10.2 Å². The summed E-state index contributed by atoms with van der Waals surface area (Å²) in [4.78, 5) is 2.90. The van der Waals surface area contributed by atoms with Crippen molar-refractivity contribution in [1.29, 1.82) is 0 Å². The van der Waals surface area contributed by atoms with E-state index in [1.165, 1.54) is 51.6 Å². The van der Waals surface area contributed by atoms with E-state index >= 15 is 0 Å². The van der Waals surface area contributed by atoms with Gasteiger partial charge >= 0.3 is 0 Å². The van der Waals surface area contributed by atoms with Gasteiger partial charge in [-0.2, -0.15) is 0 Å². The van der Waals surface area contributed by atoms with Crippen molar-refractivity contribution in [2.75, 3.05) is 13.1 Å². The molecule has 2 aliphatic carbocycles. The number of rotatable bonds is 2. The normalized spacial score (nSPS) is 40.3. The van der Waals surface area contributed by atoms with Gasteiger partial charge in [0.2, 0.25) is 0 Å². The fourth-order valence-electron chi connectivity index (χ4n) is 4.50. The zero-order valence-electron chi connectivity index (χ0n) is 12.4. The van der Waals surface area contributed by atoms with Gasteiger partial charge in [0.1, 0.15) is 0 Å².